The smallest absolute Gasteiger partial charge is 0.163 e. The Labute approximate surface area is 99.2 Å². The second kappa shape index (κ2) is 8.71. The number of hydrogen-bond donors (Lipinski definition) is 1. The summed E-state index contributed by atoms with van der Waals surface area (Å²) in [6.45, 7) is 5.62. The highest BCUT2D eigenvalue weighted by Crippen LogP contribution is 2.12. The molecule has 0 bridgehead atoms. The van der Waals surface area contributed by atoms with E-state index in [2.05, 4.69) is 6.92 Å². The minimum absolute atomic E-state index is 0.110. The molecular formula is C13H26O3. The molecule has 0 amide bonds. The van der Waals surface area contributed by atoms with Gasteiger partial charge in [0.15, 0.2) is 5.78 Å². The van der Waals surface area contributed by atoms with E-state index in [9.17, 15) is 4.79 Å². The average Bonchev–Trinajstić information content (AvgIpc) is 2.27. The standard InChI is InChI=1S/C13H26O3/c1-4-5-6-7-8-9-10-16-13(3,11-14)12(2)15/h14H,4-11H2,1-3H3. The van der Waals surface area contributed by atoms with Crippen molar-refractivity contribution in [1.29, 1.82) is 0 Å². The largest absolute Gasteiger partial charge is 0.393 e. The van der Waals surface area contributed by atoms with Crippen molar-refractivity contribution in [3.8, 4) is 0 Å². The molecule has 16 heavy (non-hydrogen) atoms. The van der Waals surface area contributed by atoms with Gasteiger partial charge in [-0.25, -0.2) is 0 Å². The predicted molar refractivity (Wildman–Crippen MR) is 65.5 cm³/mol. The maximum absolute atomic E-state index is 11.2. The van der Waals surface area contributed by atoms with E-state index in [-0.39, 0.29) is 12.4 Å². The summed E-state index contributed by atoms with van der Waals surface area (Å²) in [4.78, 5) is 11.2. The van der Waals surface area contributed by atoms with Crippen molar-refractivity contribution >= 4 is 5.78 Å². The molecule has 3 nitrogen and oxygen atoms in total. The summed E-state index contributed by atoms with van der Waals surface area (Å²) in [5.41, 5.74) is -0.997. The molecule has 1 atom stereocenters. The fourth-order valence-corrected chi connectivity index (χ4v) is 1.44. The fourth-order valence-electron chi connectivity index (χ4n) is 1.44. The average molecular weight is 230 g/mol. The number of rotatable bonds is 10. The summed E-state index contributed by atoms with van der Waals surface area (Å²) in [5.74, 6) is -0.110. The molecule has 0 saturated heterocycles. The number of carbonyl (C=O) groups excluding carboxylic acids is 1. The number of carbonyl (C=O) groups is 1. The number of unbranched alkanes of at least 4 members (excludes halogenated alkanes) is 5. The zero-order valence-corrected chi connectivity index (χ0v) is 10.9. The summed E-state index contributed by atoms with van der Waals surface area (Å²) in [6.07, 6.45) is 7.16. The van der Waals surface area contributed by atoms with Crippen molar-refractivity contribution in [2.45, 2.75) is 64.9 Å². The number of Topliss-reactive ketones (excluding diaryl/α,β-unsaturated/α-hetero) is 1. The van der Waals surface area contributed by atoms with E-state index in [1.807, 2.05) is 0 Å². The molecule has 0 aliphatic rings. The molecule has 0 aromatic heterocycles. The van der Waals surface area contributed by atoms with Gasteiger partial charge in [-0.1, -0.05) is 39.0 Å². The van der Waals surface area contributed by atoms with Crippen LogP contribution in [0.5, 0.6) is 0 Å². The van der Waals surface area contributed by atoms with Gasteiger partial charge in [-0.2, -0.15) is 0 Å². The van der Waals surface area contributed by atoms with E-state index in [1.165, 1.54) is 32.6 Å². The van der Waals surface area contributed by atoms with Crippen molar-refractivity contribution in [3.05, 3.63) is 0 Å². The highest BCUT2D eigenvalue weighted by molar-refractivity contribution is 5.84. The van der Waals surface area contributed by atoms with E-state index < -0.39 is 5.60 Å². The molecule has 0 aliphatic heterocycles. The summed E-state index contributed by atoms with van der Waals surface area (Å²) < 4.78 is 5.45. The third kappa shape index (κ3) is 6.23. The van der Waals surface area contributed by atoms with E-state index in [4.69, 9.17) is 9.84 Å². The first-order valence-corrected chi connectivity index (χ1v) is 6.32. The molecule has 3 heteroatoms. The summed E-state index contributed by atoms with van der Waals surface area (Å²) in [7, 11) is 0. The zero-order chi connectivity index (χ0) is 12.4. The van der Waals surface area contributed by atoms with Crippen LogP contribution in [0.25, 0.3) is 0 Å². The molecule has 0 aliphatic carbocycles. The van der Waals surface area contributed by atoms with Gasteiger partial charge in [0, 0.05) is 6.61 Å². The Balaban J connectivity index is 3.53. The summed E-state index contributed by atoms with van der Waals surface area (Å²) >= 11 is 0. The predicted octanol–water partition coefficient (Wildman–Crippen LogP) is 2.70. The lowest BCUT2D eigenvalue weighted by Crippen LogP contribution is -2.40. The molecule has 1 unspecified atom stereocenters. The quantitative estimate of drug-likeness (QED) is 0.587. The van der Waals surface area contributed by atoms with Crippen molar-refractivity contribution in [3.63, 3.8) is 0 Å². The second-order valence-electron chi connectivity index (χ2n) is 4.56. The van der Waals surface area contributed by atoms with Gasteiger partial charge in [0.1, 0.15) is 5.60 Å². The molecule has 0 aromatic carbocycles. The molecular weight excluding hydrogens is 204 g/mol. The Morgan fingerprint density at radius 2 is 1.75 bits per heavy atom. The van der Waals surface area contributed by atoms with Gasteiger partial charge in [0.25, 0.3) is 0 Å². The van der Waals surface area contributed by atoms with Gasteiger partial charge in [-0.3, -0.25) is 4.79 Å². The van der Waals surface area contributed by atoms with E-state index in [1.54, 1.807) is 6.92 Å². The van der Waals surface area contributed by atoms with Crippen LogP contribution in [0.4, 0.5) is 0 Å². The van der Waals surface area contributed by atoms with Crippen LogP contribution in [0.2, 0.25) is 0 Å². The van der Waals surface area contributed by atoms with Gasteiger partial charge in [0.05, 0.1) is 6.61 Å². The van der Waals surface area contributed by atoms with E-state index >= 15 is 0 Å². The van der Waals surface area contributed by atoms with E-state index in [0.29, 0.717) is 6.61 Å². The molecule has 1 N–H and O–H groups in total. The number of aliphatic hydroxyl groups excluding tert-OH is 1. The number of aliphatic hydroxyl groups is 1. The maximum atomic E-state index is 11.2. The second-order valence-corrected chi connectivity index (χ2v) is 4.56. The lowest BCUT2D eigenvalue weighted by molar-refractivity contribution is -0.145. The van der Waals surface area contributed by atoms with Crippen molar-refractivity contribution in [2.75, 3.05) is 13.2 Å². The topological polar surface area (TPSA) is 46.5 Å². The van der Waals surface area contributed by atoms with Crippen LogP contribution in [0.3, 0.4) is 0 Å². The molecule has 0 fully saturated rings. The first kappa shape index (κ1) is 15.6. The Morgan fingerprint density at radius 1 is 1.19 bits per heavy atom. The van der Waals surface area contributed by atoms with Gasteiger partial charge < -0.3 is 9.84 Å². The molecule has 0 rings (SSSR count). The zero-order valence-electron chi connectivity index (χ0n) is 10.9. The van der Waals surface area contributed by atoms with Crippen LogP contribution < -0.4 is 0 Å². The van der Waals surface area contributed by atoms with Gasteiger partial charge in [-0.05, 0) is 20.3 Å². The highest BCUT2D eigenvalue weighted by atomic mass is 16.5. The minimum atomic E-state index is -0.997. The lowest BCUT2D eigenvalue weighted by atomic mass is 10.0. The molecule has 0 heterocycles. The maximum Gasteiger partial charge on any atom is 0.163 e. The van der Waals surface area contributed by atoms with Gasteiger partial charge in [0.2, 0.25) is 0 Å². The van der Waals surface area contributed by atoms with Crippen LogP contribution in [0, 0.1) is 0 Å². The number of hydrogen-bond acceptors (Lipinski definition) is 3. The van der Waals surface area contributed by atoms with Crippen molar-refractivity contribution in [2.24, 2.45) is 0 Å². The van der Waals surface area contributed by atoms with Crippen molar-refractivity contribution < 1.29 is 14.6 Å². The van der Waals surface area contributed by atoms with Crippen LogP contribution in [-0.4, -0.2) is 29.7 Å². The number of ether oxygens (including phenoxy) is 1. The van der Waals surface area contributed by atoms with Crippen LogP contribution >= 0.6 is 0 Å². The first-order valence-electron chi connectivity index (χ1n) is 6.32. The fraction of sp³-hybridized carbons (Fsp3) is 0.923. The Morgan fingerprint density at radius 3 is 2.25 bits per heavy atom. The van der Waals surface area contributed by atoms with Gasteiger partial charge in [-0.15, -0.1) is 0 Å². The summed E-state index contributed by atoms with van der Waals surface area (Å²) in [6, 6.07) is 0. The normalized spacial score (nSPS) is 14.8. The SMILES string of the molecule is CCCCCCCCOC(C)(CO)C(C)=O. The Kier molecular flexibility index (Phi) is 8.49. The molecule has 96 valence electrons. The first-order chi connectivity index (χ1) is 7.56. The van der Waals surface area contributed by atoms with Crippen molar-refractivity contribution in [1.82, 2.24) is 0 Å². The molecule has 0 saturated carbocycles. The minimum Gasteiger partial charge on any atom is -0.393 e. The van der Waals surface area contributed by atoms with Gasteiger partial charge >= 0.3 is 0 Å². The Hall–Kier alpha value is -0.410. The molecule has 0 radical (unpaired) electrons. The monoisotopic (exact) mass is 230 g/mol. The number of ketones is 1. The Bertz CT molecular complexity index is 192. The van der Waals surface area contributed by atoms with Crippen LogP contribution in [-0.2, 0) is 9.53 Å². The molecule has 0 aromatic rings. The van der Waals surface area contributed by atoms with Crippen LogP contribution in [0.15, 0.2) is 0 Å². The van der Waals surface area contributed by atoms with Crippen LogP contribution in [0.1, 0.15) is 59.3 Å². The molecule has 0 spiro atoms. The highest BCUT2D eigenvalue weighted by Gasteiger charge is 2.29. The lowest BCUT2D eigenvalue weighted by Gasteiger charge is -2.24. The third-order valence-corrected chi connectivity index (χ3v) is 2.96. The summed E-state index contributed by atoms with van der Waals surface area (Å²) in [5, 5.41) is 9.08. The van der Waals surface area contributed by atoms with E-state index in [0.717, 1.165) is 12.8 Å². The third-order valence-electron chi connectivity index (χ3n) is 2.96.